The number of unbranched alkanes of at least 4 members (excludes halogenated alkanes) is 1. The minimum Gasteiger partial charge on any atom is -0.445 e. The van der Waals surface area contributed by atoms with Crippen molar-refractivity contribution in [2.75, 3.05) is 59.9 Å². The van der Waals surface area contributed by atoms with Crippen LogP contribution in [0.5, 0.6) is 0 Å². The second kappa shape index (κ2) is 43.9. The van der Waals surface area contributed by atoms with Gasteiger partial charge in [-0.1, -0.05) is 136 Å². The van der Waals surface area contributed by atoms with Gasteiger partial charge in [0, 0.05) is 53.6 Å². The minimum atomic E-state index is -1.13. The van der Waals surface area contributed by atoms with Gasteiger partial charge in [0.15, 0.2) is 0 Å². The van der Waals surface area contributed by atoms with Gasteiger partial charge in [-0.25, -0.2) is 9.59 Å². The average molecular weight is 1420 g/mol. The molecule has 566 valence electrons. The lowest BCUT2D eigenvalue weighted by molar-refractivity contribution is -0.148. The molecule has 1 aliphatic carbocycles. The number of carbonyl (C=O) groups is 10. The van der Waals surface area contributed by atoms with Crippen LogP contribution in [0.4, 0.5) is 15.3 Å². The summed E-state index contributed by atoms with van der Waals surface area (Å²) in [7, 11) is 6.09. The highest BCUT2D eigenvalue weighted by atomic mass is 16.6. The Morgan fingerprint density at radius 1 is 0.683 bits per heavy atom. The summed E-state index contributed by atoms with van der Waals surface area (Å²) >= 11 is 0. The molecule has 12 N–H and O–H groups in total. The Bertz CT molecular complexity index is 2980. The number of anilines is 1. The first-order valence-corrected chi connectivity index (χ1v) is 36.2. The van der Waals surface area contributed by atoms with Gasteiger partial charge in [0.05, 0.1) is 60.9 Å². The number of benzene rings is 2. The third-order valence-corrected chi connectivity index (χ3v) is 19.3. The minimum absolute atomic E-state index is 0.0418. The van der Waals surface area contributed by atoms with Crippen molar-refractivity contribution in [2.45, 2.75) is 238 Å². The van der Waals surface area contributed by atoms with E-state index < -0.39 is 132 Å². The van der Waals surface area contributed by atoms with Gasteiger partial charge in [-0.2, -0.15) is 0 Å². The van der Waals surface area contributed by atoms with Crippen LogP contribution in [0.25, 0.3) is 0 Å². The Balaban J connectivity index is 1.35. The number of nitrogens with zero attached hydrogens (tertiary/aromatic N) is 3. The Kier molecular flexibility index (Phi) is 37.3. The number of nitrogens with two attached hydrogens (primary N) is 2. The van der Waals surface area contributed by atoms with Crippen molar-refractivity contribution in [3.63, 3.8) is 0 Å². The second-order valence-electron chi connectivity index (χ2n) is 28.1. The molecule has 0 saturated carbocycles. The molecule has 27 nitrogen and oxygen atoms in total. The highest BCUT2D eigenvalue weighted by Crippen LogP contribution is 2.31. The van der Waals surface area contributed by atoms with Gasteiger partial charge in [0.1, 0.15) is 37.4 Å². The van der Waals surface area contributed by atoms with Gasteiger partial charge < -0.3 is 82.5 Å². The molecule has 14 atom stereocenters. The SMILES string of the molecule is CC[C@H](C)[C@@H]([C@@H](CC(=O)N1CCC[C@H]1[C@H](OC)[C@@H](C)C(=O)N[C@H](C)[C@@H](O)c1ccccc1)OC)N(C)C(=O)[C@@H](NC(=O)[C@H](C(C)C)N(C)C(=O)OCc1ccc(NC(=O)[C@H](CCCNC(N)=O)NC(=O)[C@@H](NC(=O)[C@H](N)CCCCNC(=O)COC2C=CCCCCC2)C(C)C)cc1)C(C)C. The Labute approximate surface area is 598 Å². The number of hydrogen-bond donors (Lipinski definition) is 10. The van der Waals surface area contributed by atoms with E-state index in [-0.39, 0.29) is 75.2 Å². The summed E-state index contributed by atoms with van der Waals surface area (Å²) in [5.41, 5.74) is 13.1. The normalized spacial score (nSPS) is 18.3. The van der Waals surface area contributed by atoms with E-state index in [1.165, 1.54) is 26.2 Å². The van der Waals surface area contributed by atoms with E-state index in [0.717, 1.165) is 32.1 Å². The molecular formula is C74H120N12O15. The number of ether oxygens (including phenoxy) is 4. The van der Waals surface area contributed by atoms with E-state index in [0.29, 0.717) is 62.0 Å². The van der Waals surface area contributed by atoms with Crippen molar-refractivity contribution >= 4 is 65.1 Å². The number of allylic oxidation sites excluding steroid dienone is 1. The summed E-state index contributed by atoms with van der Waals surface area (Å²) in [6.45, 7) is 18.7. The molecule has 27 heteroatoms. The largest absolute Gasteiger partial charge is 0.445 e. The summed E-state index contributed by atoms with van der Waals surface area (Å²) in [6, 6.07) is 7.71. The van der Waals surface area contributed by atoms with E-state index in [1.54, 1.807) is 109 Å². The number of rotatable bonds is 41. The van der Waals surface area contributed by atoms with Gasteiger partial charge in [-0.05, 0) is 118 Å². The zero-order valence-corrected chi connectivity index (χ0v) is 62.3. The zero-order chi connectivity index (χ0) is 75.0. The molecule has 1 heterocycles. The van der Waals surface area contributed by atoms with Crippen LogP contribution < -0.4 is 48.7 Å². The van der Waals surface area contributed by atoms with Crippen LogP contribution in [-0.4, -0.2) is 200 Å². The van der Waals surface area contributed by atoms with Crippen LogP contribution in [0, 0.1) is 29.6 Å². The van der Waals surface area contributed by atoms with Crippen molar-refractivity contribution in [1.29, 1.82) is 0 Å². The standard InChI is InChI=1S/C74H120N12O15/c1-15-48(8)64(58(98-13)42-60(88)86-41-27-34-57(86)66(99-14)49(9)67(90)79-50(10)65(89)52-28-20-19-21-29-52)84(11)72(95)62(46(4)5)83-71(94)63(47(6)7)85(12)74(97)101-43-51-35-37-53(38-36-51)80-69(92)56(33-26-40-78-73(76)96)81-70(93)61(45(2)3)82-68(91)55(75)32-24-25-39-77-59(87)44-100-54-30-22-17-16-18-23-31-54/h19-22,28-30,35-38,45-50,54-58,61-66,89H,15-18,23-27,31-34,39-44,75H2,1-14H3,(H,77,87)(H,79,90)(H,80,92)(H,81,93)(H,82,91)(H,83,94)(H3,76,78,96)/t48-,49+,50+,54?,55+,56-,57-,58+,61-,62-,63-,64-,65+,66+/m0/s1. The quantitative estimate of drug-likeness (QED) is 0.0265. The fourth-order valence-electron chi connectivity index (χ4n) is 13.0. The number of carbonyl (C=O) groups excluding carboxylic acids is 10. The fraction of sp³-hybridized carbons (Fsp3) is 0.676. The summed E-state index contributed by atoms with van der Waals surface area (Å²) < 4.78 is 23.6. The number of amides is 11. The number of hydrogen-bond acceptors (Lipinski definition) is 16. The molecule has 0 radical (unpaired) electrons. The van der Waals surface area contributed by atoms with Crippen LogP contribution >= 0.6 is 0 Å². The van der Waals surface area contributed by atoms with Crippen molar-refractivity contribution in [3.05, 3.63) is 77.9 Å². The van der Waals surface area contributed by atoms with Gasteiger partial charge in [-0.3, -0.25) is 43.3 Å². The summed E-state index contributed by atoms with van der Waals surface area (Å²) in [5, 5.41) is 30.5. The molecule has 11 amide bonds. The van der Waals surface area contributed by atoms with E-state index in [9.17, 15) is 53.1 Å². The first-order valence-electron chi connectivity index (χ1n) is 36.2. The molecule has 101 heavy (non-hydrogen) atoms. The lowest BCUT2D eigenvalue weighted by atomic mass is 9.89. The third-order valence-electron chi connectivity index (χ3n) is 19.3. The molecule has 2 aromatic rings. The lowest BCUT2D eigenvalue weighted by Gasteiger charge is -2.41. The number of likely N-dealkylation sites (tertiary alicyclic amines) is 1. The van der Waals surface area contributed by atoms with Gasteiger partial charge in [0.2, 0.25) is 47.3 Å². The molecule has 0 aromatic heterocycles. The van der Waals surface area contributed by atoms with Crippen molar-refractivity contribution in [2.24, 2.45) is 41.1 Å². The van der Waals surface area contributed by atoms with E-state index in [2.05, 4.69) is 43.3 Å². The molecule has 1 saturated heterocycles. The third kappa shape index (κ3) is 27.5. The first-order chi connectivity index (χ1) is 47.9. The van der Waals surface area contributed by atoms with Crippen LogP contribution in [0.3, 0.4) is 0 Å². The maximum absolute atomic E-state index is 14.8. The molecular weight excluding hydrogens is 1300 g/mol. The van der Waals surface area contributed by atoms with Gasteiger partial charge in [-0.15, -0.1) is 0 Å². The Hall–Kier alpha value is -7.72. The fourth-order valence-corrected chi connectivity index (χ4v) is 13.0. The smallest absolute Gasteiger partial charge is 0.410 e. The Morgan fingerprint density at radius 3 is 1.97 bits per heavy atom. The zero-order valence-electron chi connectivity index (χ0n) is 62.3. The monoisotopic (exact) mass is 1420 g/mol. The maximum Gasteiger partial charge on any atom is 0.410 e. The topological polar surface area (TPSA) is 374 Å². The van der Waals surface area contributed by atoms with E-state index >= 15 is 0 Å². The highest BCUT2D eigenvalue weighted by molar-refractivity contribution is 5.99. The molecule has 2 aromatic carbocycles. The molecule has 2 aliphatic rings. The molecule has 1 aliphatic heterocycles. The van der Waals surface area contributed by atoms with Crippen LogP contribution in [0.15, 0.2) is 66.7 Å². The maximum atomic E-state index is 14.8. The number of likely N-dealkylation sites (N-methyl/N-ethyl adjacent to an activating group) is 2. The number of primary amides is 1. The van der Waals surface area contributed by atoms with Crippen LogP contribution in [0.1, 0.15) is 176 Å². The second-order valence-corrected chi connectivity index (χ2v) is 28.1. The van der Waals surface area contributed by atoms with Crippen molar-refractivity contribution in [3.8, 4) is 0 Å². The number of aliphatic hydroxyl groups excluding tert-OH is 1. The number of aliphatic hydroxyl groups is 1. The van der Waals surface area contributed by atoms with Gasteiger partial charge in [0.25, 0.3) is 0 Å². The van der Waals surface area contributed by atoms with E-state index in [4.69, 9.17) is 30.4 Å². The van der Waals surface area contributed by atoms with E-state index in [1.807, 2.05) is 38.1 Å². The molecule has 4 rings (SSSR count). The molecule has 0 spiro atoms. The van der Waals surface area contributed by atoms with Gasteiger partial charge >= 0.3 is 12.1 Å². The van der Waals surface area contributed by atoms with Crippen LogP contribution in [0.2, 0.25) is 0 Å². The Morgan fingerprint density at radius 2 is 1.35 bits per heavy atom. The van der Waals surface area contributed by atoms with Crippen molar-refractivity contribution < 1.29 is 72.0 Å². The highest BCUT2D eigenvalue weighted by Gasteiger charge is 2.44. The van der Waals surface area contributed by atoms with Crippen molar-refractivity contribution in [1.82, 2.24) is 46.6 Å². The molecule has 0 bridgehead atoms. The van der Waals surface area contributed by atoms with Crippen LogP contribution in [-0.2, 0) is 63.9 Å². The average Bonchev–Trinajstić information content (AvgIpc) is 1.77. The molecule has 1 unspecified atom stereocenters. The first kappa shape index (κ1) is 85.7. The predicted octanol–water partition coefficient (Wildman–Crippen LogP) is 6.11. The summed E-state index contributed by atoms with van der Waals surface area (Å²) in [6.07, 6.45) is 9.57. The lowest BCUT2D eigenvalue weighted by Crippen LogP contribution is -2.60. The summed E-state index contributed by atoms with van der Waals surface area (Å²) in [5.74, 6) is -5.74. The number of methoxy groups -OCH3 is 2. The number of urea groups is 1. The summed E-state index contributed by atoms with van der Waals surface area (Å²) in [4.78, 5) is 141. The number of nitrogens with one attached hydrogen (secondary N) is 7. The molecule has 1 fully saturated rings. The predicted molar refractivity (Wildman–Crippen MR) is 386 cm³/mol.